The van der Waals surface area contributed by atoms with Gasteiger partial charge in [0.2, 0.25) is 0 Å². The standard InChI is InChI=1S/C24H28N2OS/c1-3-5-7-9-23-25-26-24(28-23)21-12-10-19(11-13-21)20-14-16-22(17-15-20)27-18-8-6-4-2/h6,8,10-17H,3-5,7,9,18H2,1-2H3. The van der Waals surface area contributed by atoms with Gasteiger partial charge in [-0.25, -0.2) is 0 Å². The van der Waals surface area contributed by atoms with E-state index in [1.165, 1.54) is 30.4 Å². The predicted octanol–water partition coefficient (Wildman–Crippen LogP) is 6.95. The summed E-state index contributed by atoms with van der Waals surface area (Å²) in [6.07, 6.45) is 9.91. The second kappa shape index (κ2) is 10.8. The molecular formula is C24H28N2OS. The van der Waals surface area contributed by atoms with E-state index in [1.807, 2.05) is 12.1 Å². The third-order valence-electron chi connectivity index (χ3n) is 4.53. The highest BCUT2D eigenvalue weighted by Gasteiger charge is 2.07. The maximum absolute atomic E-state index is 5.71. The molecule has 0 fully saturated rings. The number of hydrogen-bond donors (Lipinski definition) is 0. The van der Waals surface area contributed by atoms with Gasteiger partial charge in [0, 0.05) is 12.0 Å². The second-order valence-electron chi connectivity index (χ2n) is 6.75. The molecule has 0 saturated carbocycles. The first-order valence-corrected chi connectivity index (χ1v) is 10.9. The highest BCUT2D eigenvalue weighted by Crippen LogP contribution is 2.28. The van der Waals surface area contributed by atoms with Gasteiger partial charge in [-0.2, -0.15) is 0 Å². The number of unbranched alkanes of at least 4 members (excludes halogenated alkanes) is 2. The van der Waals surface area contributed by atoms with E-state index >= 15 is 0 Å². The molecule has 0 aliphatic carbocycles. The molecule has 0 aliphatic heterocycles. The Morgan fingerprint density at radius 1 is 0.821 bits per heavy atom. The quantitative estimate of drug-likeness (QED) is 0.276. The molecule has 0 bridgehead atoms. The van der Waals surface area contributed by atoms with Crippen molar-refractivity contribution >= 4 is 11.3 Å². The Kier molecular flexibility index (Phi) is 7.80. The molecule has 0 radical (unpaired) electrons. The summed E-state index contributed by atoms with van der Waals surface area (Å²) in [6, 6.07) is 16.8. The maximum Gasteiger partial charge on any atom is 0.147 e. The number of rotatable bonds is 10. The van der Waals surface area contributed by atoms with Crippen LogP contribution < -0.4 is 4.74 Å². The Morgan fingerprint density at radius 3 is 2.18 bits per heavy atom. The second-order valence-corrected chi connectivity index (χ2v) is 7.81. The van der Waals surface area contributed by atoms with Crippen molar-refractivity contribution in [3.63, 3.8) is 0 Å². The number of allylic oxidation sites excluding steroid dienone is 1. The Bertz CT molecular complexity index is 866. The Balaban J connectivity index is 1.61. The van der Waals surface area contributed by atoms with Gasteiger partial charge in [-0.05, 0) is 36.1 Å². The molecule has 0 amide bonds. The van der Waals surface area contributed by atoms with Gasteiger partial charge in [0.25, 0.3) is 0 Å². The van der Waals surface area contributed by atoms with Crippen molar-refractivity contribution in [3.05, 3.63) is 65.7 Å². The zero-order chi connectivity index (χ0) is 19.6. The van der Waals surface area contributed by atoms with E-state index in [0.29, 0.717) is 6.61 Å². The lowest BCUT2D eigenvalue weighted by atomic mass is 10.0. The van der Waals surface area contributed by atoms with E-state index < -0.39 is 0 Å². The van der Waals surface area contributed by atoms with Gasteiger partial charge < -0.3 is 4.74 Å². The summed E-state index contributed by atoms with van der Waals surface area (Å²) in [5, 5.41) is 10.8. The van der Waals surface area contributed by atoms with Gasteiger partial charge in [-0.3, -0.25) is 0 Å². The highest BCUT2D eigenvalue weighted by molar-refractivity contribution is 7.14. The van der Waals surface area contributed by atoms with Crippen LogP contribution in [-0.4, -0.2) is 16.8 Å². The van der Waals surface area contributed by atoms with Gasteiger partial charge in [0.15, 0.2) is 0 Å². The van der Waals surface area contributed by atoms with Gasteiger partial charge in [0.1, 0.15) is 22.4 Å². The molecule has 0 saturated heterocycles. The van der Waals surface area contributed by atoms with Crippen LogP contribution in [0.15, 0.2) is 60.7 Å². The van der Waals surface area contributed by atoms with Crippen LogP contribution in [0.4, 0.5) is 0 Å². The van der Waals surface area contributed by atoms with Crippen molar-refractivity contribution in [2.45, 2.75) is 46.0 Å². The zero-order valence-electron chi connectivity index (χ0n) is 16.7. The molecule has 146 valence electrons. The summed E-state index contributed by atoms with van der Waals surface area (Å²) in [5.74, 6) is 0.894. The molecule has 0 atom stereocenters. The van der Waals surface area contributed by atoms with E-state index in [1.54, 1.807) is 11.3 Å². The molecule has 1 heterocycles. The summed E-state index contributed by atoms with van der Waals surface area (Å²) >= 11 is 1.71. The van der Waals surface area contributed by atoms with E-state index in [4.69, 9.17) is 4.74 Å². The summed E-state index contributed by atoms with van der Waals surface area (Å²) in [6.45, 7) is 4.96. The predicted molar refractivity (Wildman–Crippen MR) is 119 cm³/mol. The minimum atomic E-state index is 0.615. The molecule has 0 unspecified atom stereocenters. The SMILES string of the molecule is CCC=CCOc1ccc(-c2ccc(-c3nnc(CCCCC)s3)cc2)cc1. The number of ether oxygens (including phenoxy) is 1. The van der Waals surface area contributed by atoms with E-state index in [-0.39, 0.29) is 0 Å². The average Bonchev–Trinajstić information content (AvgIpc) is 3.21. The average molecular weight is 393 g/mol. The molecule has 3 aromatic rings. The fourth-order valence-corrected chi connectivity index (χ4v) is 3.81. The van der Waals surface area contributed by atoms with Gasteiger partial charge in [-0.1, -0.05) is 86.6 Å². The summed E-state index contributed by atoms with van der Waals surface area (Å²) in [5.41, 5.74) is 3.50. The highest BCUT2D eigenvalue weighted by atomic mass is 32.1. The minimum absolute atomic E-state index is 0.615. The topological polar surface area (TPSA) is 35.0 Å². The largest absolute Gasteiger partial charge is 0.490 e. The van der Waals surface area contributed by atoms with E-state index in [9.17, 15) is 0 Å². The minimum Gasteiger partial charge on any atom is -0.490 e. The van der Waals surface area contributed by atoms with Crippen LogP contribution in [0.25, 0.3) is 21.7 Å². The van der Waals surface area contributed by atoms with Crippen LogP contribution in [0.2, 0.25) is 0 Å². The lowest BCUT2D eigenvalue weighted by molar-refractivity contribution is 0.362. The van der Waals surface area contributed by atoms with Crippen LogP contribution >= 0.6 is 11.3 Å². The molecule has 1 aromatic heterocycles. The lowest BCUT2D eigenvalue weighted by Gasteiger charge is -2.06. The summed E-state index contributed by atoms with van der Waals surface area (Å²) in [4.78, 5) is 0. The van der Waals surface area contributed by atoms with Crippen LogP contribution in [0.5, 0.6) is 5.75 Å². The first-order chi connectivity index (χ1) is 13.8. The Hall–Kier alpha value is -2.46. The molecule has 4 heteroatoms. The van der Waals surface area contributed by atoms with Crippen molar-refractivity contribution < 1.29 is 4.74 Å². The third-order valence-corrected chi connectivity index (χ3v) is 5.56. The normalized spacial score (nSPS) is 11.2. The third kappa shape index (κ3) is 5.77. The van der Waals surface area contributed by atoms with Gasteiger partial charge in [0.05, 0.1) is 0 Å². The van der Waals surface area contributed by atoms with E-state index in [2.05, 4.69) is 72.6 Å². The molecular weight excluding hydrogens is 364 g/mol. The monoisotopic (exact) mass is 392 g/mol. The number of nitrogens with zero attached hydrogens (tertiary/aromatic N) is 2. The molecule has 2 aromatic carbocycles. The zero-order valence-corrected chi connectivity index (χ0v) is 17.5. The smallest absolute Gasteiger partial charge is 0.147 e. The maximum atomic E-state index is 5.71. The van der Waals surface area contributed by atoms with Crippen molar-refractivity contribution in [1.82, 2.24) is 10.2 Å². The molecule has 0 aliphatic rings. The molecule has 0 N–H and O–H groups in total. The Labute approximate surface area is 172 Å². The number of benzene rings is 2. The Morgan fingerprint density at radius 2 is 1.50 bits per heavy atom. The van der Waals surface area contributed by atoms with E-state index in [0.717, 1.165) is 34.2 Å². The molecule has 0 spiro atoms. The summed E-state index contributed by atoms with van der Waals surface area (Å²) in [7, 11) is 0. The van der Waals surface area contributed by atoms with Crippen LogP contribution in [0.1, 0.15) is 44.5 Å². The molecule has 3 rings (SSSR count). The lowest BCUT2D eigenvalue weighted by Crippen LogP contribution is -1.92. The van der Waals surface area contributed by atoms with Crippen molar-refractivity contribution in [2.75, 3.05) is 6.61 Å². The molecule has 28 heavy (non-hydrogen) atoms. The van der Waals surface area contributed by atoms with Crippen molar-refractivity contribution in [2.24, 2.45) is 0 Å². The van der Waals surface area contributed by atoms with Crippen molar-refractivity contribution in [3.8, 4) is 27.4 Å². The van der Waals surface area contributed by atoms with Crippen LogP contribution in [0, 0.1) is 0 Å². The number of aryl methyl sites for hydroxylation is 1. The van der Waals surface area contributed by atoms with Gasteiger partial charge in [-0.15, -0.1) is 10.2 Å². The van der Waals surface area contributed by atoms with Gasteiger partial charge >= 0.3 is 0 Å². The molecule has 3 nitrogen and oxygen atoms in total. The summed E-state index contributed by atoms with van der Waals surface area (Å²) < 4.78 is 5.71. The number of aromatic nitrogens is 2. The fraction of sp³-hybridized carbons (Fsp3) is 0.333. The number of hydrogen-bond acceptors (Lipinski definition) is 4. The fourth-order valence-electron chi connectivity index (χ4n) is 2.93. The van der Waals surface area contributed by atoms with Crippen LogP contribution in [-0.2, 0) is 6.42 Å². The van der Waals surface area contributed by atoms with Crippen LogP contribution in [0.3, 0.4) is 0 Å². The first kappa shape index (κ1) is 20.3. The first-order valence-electron chi connectivity index (χ1n) is 10.1. The van der Waals surface area contributed by atoms with Crippen molar-refractivity contribution in [1.29, 1.82) is 0 Å².